The first-order valence-electron chi connectivity index (χ1n) is 5.65. The van der Waals surface area contributed by atoms with Crippen molar-refractivity contribution < 1.29 is 0 Å². The average Bonchev–Trinajstić information content (AvgIpc) is 2.87. The molecule has 0 amide bonds. The van der Waals surface area contributed by atoms with Crippen LogP contribution in [0.4, 0.5) is 0 Å². The molecule has 0 saturated heterocycles. The molecule has 1 aromatic heterocycles. The Morgan fingerprint density at radius 2 is 2.28 bits per heavy atom. The summed E-state index contributed by atoms with van der Waals surface area (Å²) in [6, 6.07) is 8.35. The highest BCUT2D eigenvalue weighted by Gasteiger charge is 2.26. The van der Waals surface area contributed by atoms with Crippen LogP contribution < -0.4 is 5.73 Å². The summed E-state index contributed by atoms with van der Waals surface area (Å²) in [7, 11) is 0. The first-order chi connectivity index (χ1) is 8.28. The second-order valence-corrected chi connectivity index (χ2v) is 5.53. The molecule has 96 valence electrons. The summed E-state index contributed by atoms with van der Waals surface area (Å²) in [4.78, 5) is 0. The average molecular weight is 283 g/mol. The van der Waals surface area contributed by atoms with Crippen molar-refractivity contribution in [2.24, 2.45) is 5.73 Å². The van der Waals surface area contributed by atoms with E-state index in [1.807, 2.05) is 0 Å². The molecule has 0 aliphatic carbocycles. The maximum Gasteiger partial charge on any atom is 0.191 e. The molecule has 1 aliphatic rings. The van der Waals surface area contributed by atoms with Gasteiger partial charge in [0.05, 0.1) is 0 Å². The molecular weight excluding hydrogens is 268 g/mol. The SMILES string of the molecule is Cc1cccc(-c2nnc3n2CC(CN)S3)c1.Cl. The van der Waals surface area contributed by atoms with Crippen LogP contribution in [0.3, 0.4) is 0 Å². The molecule has 1 atom stereocenters. The van der Waals surface area contributed by atoms with Crippen molar-refractivity contribution in [1.82, 2.24) is 14.8 Å². The number of aryl methyl sites for hydroxylation is 1. The van der Waals surface area contributed by atoms with Gasteiger partial charge in [0.1, 0.15) is 0 Å². The standard InChI is InChI=1S/C12H14N4S.ClH/c1-8-3-2-4-9(5-8)11-14-15-12-16(11)7-10(6-13)17-12;/h2-5,10H,6-7,13H2,1H3;1H. The number of aromatic nitrogens is 3. The van der Waals surface area contributed by atoms with E-state index < -0.39 is 0 Å². The molecule has 2 aromatic rings. The molecule has 6 heteroatoms. The van der Waals surface area contributed by atoms with Crippen molar-refractivity contribution >= 4 is 24.2 Å². The fraction of sp³-hybridized carbons (Fsp3) is 0.333. The Bertz CT molecular complexity index is 555. The number of hydrogen-bond donors (Lipinski definition) is 1. The van der Waals surface area contributed by atoms with E-state index in [4.69, 9.17) is 5.73 Å². The largest absolute Gasteiger partial charge is 0.329 e. The number of thioether (sulfide) groups is 1. The third-order valence-corrected chi connectivity index (χ3v) is 4.10. The molecule has 1 aromatic carbocycles. The third-order valence-electron chi connectivity index (χ3n) is 2.91. The van der Waals surface area contributed by atoms with Crippen molar-refractivity contribution in [2.75, 3.05) is 6.54 Å². The van der Waals surface area contributed by atoms with E-state index in [9.17, 15) is 0 Å². The zero-order chi connectivity index (χ0) is 11.8. The van der Waals surface area contributed by atoms with Crippen LogP contribution in [0.15, 0.2) is 29.4 Å². The van der Waals surface area contributed by atoms with Crippen LogP contribution in [0.5, 0.6) is 0 Å². The van der Waals surface area contributed by atoms with Gasteiger partial charge < -0.3 is 10.3 Å². The van der Waals surface area contributed by atoms with Crippen LogP contribution in [0.1, 0.15) is 5.56 Å². The number of nitrogens with two attached hydrogens (primary N) is 1. The van der Waals surface area contributed by atoms with Crippen LogP contribution in [0, 0.1) is 6.92 Å². The van der Waals surface area contributed by atoms with Crippen LogP contribution in [0.25, 0.3) is 11.4 Å². The van der Waals surface area contributed by atoms with Crippen LogP contribution >= 0.6 is 24.2 Å². The lowest BCUT2D eigenvalue weighted by atomic mass is 10.1. The molecule has 4 nitrogen and oxygen atoms in total. The van der Waals surface area contributed by atoms with Crippen molar-refractivity contribution in [2.45, 2.75) is 23.9 Å². The summed E-state index contributed by atoms with van der Waals surface area (Å²) in [5, 5.41) is 9.91. The first-order valence-corrected chi connectivity index (χ1v) is 6.53. The maximum atomic E-state index is 5.70. The second-order valence-electron chi connectivity index (χ2n) is 4.26. The molecule has 18 heavy (non-hydrogen) atoms. The van der Waals surface area contributed by atoms with Crippen LogP contribution in [0.2, 0.25) is 0 Å². The van der Waals surface area contributed by atoms with Crippen molar-refractivity contribution in [3.05, 3.63) is 29.8 Å². The number of nitrogens with zero attached hydrogens (tertiary/aromatic N) is 3. The summed E-state index contributed by atoms with van der Waals surface area (Å²) in [5.74, 6) is 0.951. The normalized spacial score (nSPS) is 17.3. The lowest BCUT2D eigenvalue weighted by Gasteiger charge is -2.06. The van der Waals surface area contributed by atoms with Gasteiger partial charge in [-0.05, 0) is 13.0 Å². The molecular formula is C12H15ClN4S. The van der Waals surface area contributed by atoms with Crippen molar-refractivity contribution in [1.29, 1.82) is 0 Å². The molecule has 1 unspecified atom stereocenters. The van der Waals surface area contributed by atoms with Gasteiger partial charge >= 0.3 is 0 Å². The predicted octanol–water partition coefficient (Wildman–Crippen LogP) is 2.11. The molecule has 2 heterocycles. The smallest absolute Gasteiger partial charge is 0.191 e. The van der Waals surface area contributed by atoms with Crippen LogP contribution in [-0.4, -0.2) is 26.6 Å². The molecule has 2 N–H and O–H groups in total. The van der Waals surface area contributed by atoms with E-state index in [2.05, 4.69) is 46.0 Å². The van der Waals surface area contributed by atoms with Crippen molar-refractivity contribution in [3.8, 4) is 11.4 Å². The lowest BCUT2D eigenvalue weighted by Crippen LogP contribution is -2.17. The van der Waals surface area contributed by atoms with Crippen LogP contribution in [-0.2, 0) is 6.54 Å². The van der Waals surface area contributed by atoms with E-state index in [0.717, 1.165) is 23.1 Å². The Morgan fingerprint density at radius 3 is 3.00 bits per heavy atom. The minimum absolute atomic E-state index is 0. The molecule has 0 spiro atoms. The van der Waals surface area contributed by atoms with Gasteiger partial charge in [-0.1, -0.05) is 35.5 Å². The van der Waals surface area contributed by atoms with E-state index in [1.54, 1.807) is 11.8 Å². The zero-order valence-electron chi connectivity index (χ0n) is 10.0. The highest BCUT2D eigenvalue weighted by molar-refractivity contribution is 8.00. The molecule has 3 rings (SSSR count). The van der Waals surface area contributed by atoms with Gasteiger partial charge in [-0.2, -0.15) is 0 Å². The number of fused-ring (bicyclic) bond motifs is 1. The van der Waals surface area contributed by atoms with Gasteiger partial charge in [0.15, 0.2) is 11.0 Å². The summed E-state index contributed by atoms with van der Waals surface area (Å²) >= 11 is 1.72. The quantitative estimate of drug-likeness (QED) is 0.917. The monoisotopic (exact) mass is 282 g/mol. The first kappa shape index (κ1) is 13.4. The molecule has 0 saturated carbocycles. The summed E-state index contributed by atoms with van der Waals surface area (Å²) in [6.45, 7) is 3.68. The van der Waals surface area contributed by atoms with Gasteiger partial charge in [-0.25, -0.2) is 0 Å². The van der Waals surface area contributed by atoms with Gasteiger partial charge in [0.25, 0.3) is 0 Å². The minimum atomic E-state index is 0. The van der Waals surface area contributed by atoms with Gasteiger partial charge in [-0.15, -0.1) is 22.6 Å². The van der Waals surface area contributed by atoms with E-state index in [-0.39, 0.29) is 12.4 Å². The maximum absolute atomic E-state index is 5.70. The number of rotatable bonds is 2. The molecule has 0 radical (unpaired) electrons. The predicted molar refractivity (Wildman–Crippen MR) is 76.1 cm³/mol. The second kappa shape index (κ2) is 5.30. The number of hydrogen-bond acceptors (Lipinski definition) is 4. The third kappa shape index (κ3) is 2.25. The Morgan fingerprint density at radius 1 is 1.44 bits per heavy atom. The van der Waals surface area contributed by atoms with Crippen molar-refractivity contribution in [3.63, 3.8) is 0 Å². The molecule has 0 bridgehead atoms. The number of benzene rings is 1. The Labute approximate surface area is 116 Å². The fourth-order valence-electron chi connectivity index (χ4n) is 2.05. The molecule has 0 fully saturated rings. The van der Waals surface area contributed by atoms with E-state index in [0.29, 0.717) is 11.8 Å². The Balaban J connectivity index is 0.00000120. The zero-order valence-corrected chi connectivity index (χ0v) is 11.7. The lowest BCUT2D eigenvalue weighted by molar-refractivity contribution is 0.655. The van der Waals surface area contributed by atoms with Gasteiger partial charge in [0, 0.05) is 23.9 Å². The molecule has 1 aliphatic heterocycles. The number of halogens is 1. The highest BCUT2D eigenvalue weighted by atomic mass is 35.5. The summed E-state index contributed by atoms with van der Waals surface area (Å²) < 4.78 is 2.16. The highest BCUT2D eigenvalue weighted by Crippen LogP contribution is 2.33. The summed E-state index contributed by atoms with van der Waals surface area (Å²) in [6.07, 6.45) is 0. The van der Waals surface area contributed by atoms with Gasteiger partial charge in [0.2, 0.25) is 0 Å². The van der Waals surface area contributed by atoms with Gasteiger partial charge in [-0.3, -0.25) is 0 Å². The minimum Gasteiger partial charge on any atom is -0.329 e. The van der Waals surface area contributed by atoms with E-state index >= 15 is 0 Å². The fourth-order valence-corrected chi connectivity index (χ4v) is 3.04. The summed E-state index contributed by atoms with van der Waals surface area (Å²) in [5.41, 5.74) is 8.07. The topological polar surface area (TPSA) is 56.7 Å². The van der Waals surface area contributed by atoms with E-state index in [1.165, 1.54) is 5.56 Å². The Kier molecular flexibility index (Phi) is 3.94. The Hall–Kier alpha value is -1.04.